The van der Waals surface area contributed by atoms with Crippen molar-refractivity contribution in [3.8, 4) is 55.6 Å². The second kappa shape index (κ2) is 15.4. The molecule has 2 nitrogen and oxygen atoms in total. The van der Waals surface area contributed by atoms with Crippen molar-refractivity contribution in [2.45, 2.75) is 0 Å². The Morgan fingerprint density at radius 1 is 0.254 bits per heavy atom. The van der Waals surface area contributed by atoms with Crippen molar-refractivity contribution in [3.63, 3.8) is 0 Å². The van der Waals surface area contributed by atoms with Crippen molar-refractivity contribution in [1.29, 1.82) is 0 Å². The highest BCUT2D eigenvalue weighted by Gasteiger charge is 2.43. The van der Waals surface area contributed by atoms with Crippen LogP contribution in [0.5, 0.6) is 0 Å². The van der Waals surface area contributed by atoms with Crippen molar-refractivity contribution in [3.05, 3.63) is 249 Å². The summed E-state index contributed by atoms with van der Waals surface area (Å²) >= 11 is 0. The molecule has 0 N–H and O–H groups in total. The fraction of sp³-hybridized carbons (Fsp3) is 0. The Kier molecular flexibility index (Phi) is 8.97. The first-order valence-corrected chi connectivity index (χ1v) is 21.8. The van der Waals surface area contributed by atoms with Crippen LogP contribution in [-0.2, 0) is 0 Å². The molecule has 2 heterocycles. The predicted octanol–water partition coefficient (Wildman–Crippen LogP) is 14.1. The summed E-state index contributed by atoms with van der Waals surface area (Å²) in [5.74, 6) is 0. The zero-order valence-corrected chi connectivity index (χ0v) is 34.6. The molecule has 63 heavy (non-hydrogen) atoms. The van der Waals surface area contributed by atoms with Gasteiger partial charge in [0.05, 0.1) is 0 Å². The van der Waals surface area contributed by atoms with Gasteiger partial charge in [-0.05, 0) is 121 Å². The molecule has 2 aliphatic heterocycles. The van der Waals surface area contributed by atoms with Gasteiger partial charge in [-0.3, -0.25) is 0 Å². The Balaban J connectivity index is 1.16. The number of hydrogen-bond donors (Lipinski definition) is 0. The average molecular weight is 801 g/mol. The van der Waals surface area contributed by atoms with Crippen LogP contribution >= 0.6 is 0 Å². The normalized spacial score (nSPS) is 12.3. The molecule has 10 aromatic carbocycles. The molecule has 12 rings (SSSR count). The molecule has 0 amide bonds. The van der Waals surface area contributed by atoms with E-state index in [0.29, 0.717) is 0 Å². The lowest BCUT2D eigenvalue weighted by Crippen LogP contribution is -2.61. The smallest absolute Gasteiger partial charge is 0.252 e. The van der Waals surface area contributed by atoms with Crippen LogP contribution in [0.15, 0.2) is 249 Å². The van der Waals surface area contributed by atoms with Crippen LogP contribution < -0.4 is 26.2 Å². The number of anilines is 6. The fourth-order valence-electron chi connectivity index (χ4n) is 10.0. The lowest BCUT2D eigenvalue weighted by atomic mass is 9.33. The lowest BCUT2D eigenvalue weighted by molar-refractivity contribution is 1.25. The van der Waals surface area contributed by atoms with Gasteiger partial charge in [0.15, 0.2) is 0 Å². The summed E-state index contributed by atoms with van der Waals surface area (Å²) in [6.45, 7) is 0.0223. The molecular weight excluding hydrogens is 759 g/mol. The highest BCUT2D eigenvalue weighted by Crippen LogP contribution is 2.49. The molecule has 10 aromatic rings. The molecule has 0 saturated carbocycles. The van der Waals surface area contributed by atoms with Gasteiger partial charge in [0, 0.05) is 34.1 Å². The average Bonchev–Trinajstić information content (AvgIpc) is 3.37. The summed E-state index contributed by atoms with van der Waals surface area (Å²) in [5, 5.41) is 0. The Bertz CT molecular complexity index is 3200. The van der Waals surface area contributed by atoms with E-state index in [1.807, 2.05) is 0 Å². The maximum atomic E-state index is 2.55. The van der Waals surface area contributed by atoms with Crippen LogP contribution in [0.3, 0.4) is 0 Å². The number of hydrogen-bond acceptors (Lipinski definition) is 2. The van der Waals surface area contributed by atoms with Crippen LogP contribution in [0.4, 0.5) is 34.1 Å². The maximum absolute atomic E-state index is 2.55. The van der Waals surface area contributed by atoms with E-state index in [1.54, 1.807) is 0 Å². The highest BCUT2D eigenvalue weighted by atomic mass is 15.2. The number of nitrogens with zero attached hydrogens (tertiary/aromatic N) is 2. The zero-order chi connectivity index (χ0) is 41.7. The molecule has 0 unspecified atom stereocenters. The van der Waals surface area contributed by atoms with Gasteiger partial charge >= 0.3 is 0 Å². The van der Waals surface area contributed by atoms with E-state index in [-0.39, 0.29) is 6.71 Å². The molecule has 0 radical (unpaired) electrons. The van der Waals surface area contributed by atoms with Gasteiger partial charge in [-0.15, -0.1) is 0 Å². The van der Waals surface area contributed by atoms with Crippen LogP contribution in [-0.4, -0.2) is 6.71 Å². The summed E-state index contributed by atoms with van der Waals surface area (Å²) < 4.78 is 0. The largest absolute Gasteiger partial charge is 0.311 e. The molecule has 0 aliphatic carbocycles. The first-order valence-electron chi connectivity index (χ1n) is 21.8. The summed E-state index contributed by atoms with van der Waals surface area (Å²) in [7, 11) is 0. The van der Waals surface area contributed by atoms with Crippen LogP contribution in [0.25, 0.3) is 55.6 Å². The minimum Gasteiger partial charge on any atom is -0.311 e. The molecule has 0 atom stereocenters. The molecule has 3 heteroatoms. The number of fused-ring (bicyclic) bond motifs is 4. The maximum Gasteiger partial charge on any atom is 0.252 e. The Morgan fingerprint density at radius 2 is 0.619 bits per heavy atom. The molecule has 294 valence electrons. The third-order valence-corrected chi connectivity index (χ3v) is 12.8. The Morgan fingerprint density at radius 3 is 1.10 bits per heavy atom. The SMILES string of the molecule is c1ccc(-c2ccc(N3c4ccccc4B4c5ccccc5N(c5cc(-c6ccccc6)c(-c6ccccc6)c(-c6ccccc6)c5)c5cc(-c6ccccc6)cc3c54)cc2)cc1. The number of benzene rings is 10. The van der Waals surface area contributed by atoms with Crippen LogP contribution in [0.1, 0.15) is 0 Å². The minimum absolute atomic E-state index is 0.0223. The number of rotatable bonds is 7. The molecule has 0 aromatic heterocycles. The van der Waals surface area contributed by atoms with E-state index < -0.39 is 0 Å². The predicted molar refractivity (Wildman–Crippen MR) is 268 cm³/mol. The van der Waals surface area contributed by atoms with Crippen molar-refractivity contribution >= 4 is 57.2 Å². The van der Waals surface area contributed by atoms with Gasteiger partial charge in [-0.25, -0.2) is 0 Å². The van der Waals surface area contributed by atoms with Gasteiger partial charge in [-0.1, -0.05) is 200 Å². The third kappa shape index (κ3) is 6.28. The van der Waals surface area contributed by atoms with Crippen LogP contribution in [0, 0.1) is 0 Å². The monoisotopic (exact) mass is 800 g/mol. The van der Waals surface area contributed by atoms with E-state index in [4.69, 9.17) is 0 Å². The van der Waals surface area contributed by atoms with Gasteiger partial charge in [0.25, 0.3) is 6.71 Å². The summed E-state index contributed by atoms with van der Waals surface area (Å²) in [5.41, 5.74) is 22.8. The minimum atomic E-state index is 0.0223. The first kappa shape index (κ1) is 36.7. The molecule has 0 bridgehead atoms. The topological polar surface area (TPSA) is 6.48 Å². The van der Waals surface area contributed by atoms with Crippen LogP contribution in [0.2, 0.25) is 0 Å². The summed E-state index contributed by atoms with van der Waals surface area (Å²) in [4.78, 5) is 5.05. The Labute approximate surface area is 369 Å². The van der Waals surface area contributed by atoms with Crippen molar-refractivity contribution < 1.29 is 0 Å². The third-order valence-electron chi connectivity index (χ3n) is 12.8. The van der Waals surface area contributed by atoms with Crippen molar-refractivity contribution in [2.75, 3.05) is 9.80 Å². The quantitative estimate of drug-likeness (QED) is 0.148. The van der Waals surface area contributed by atoms with E-state index in [1.165, 1.54) is 94.8 Å². The lowest BCUT2D eigenvalue weighted by Gasteiger charge is -2.44. The van der Waals surface area contributed by atoms with E-state index in [2.05, 4.69) is 259 Å². The zero-order valence-electron chi connectivity index (χ0n) is 34.6. The van der Waals surface area contributed by atoms with Crippen molar-refractivity contribution in [2.24, 2.45) is 0 Å². The van der Waals surface area contributed by atoms with E-state index >= 15 is 0 Å². The summed E-state index contributed by atoms with van der Waals surface area (Å²) in [6, 6.07) is 91.1. The molecular formula is C60H41BN2. The van der Waals surface area contributed by atoms with Crippen molar-refractivity contribution in [1.82, 2.24) is 0 Å². The second-order valence-electron chi connectivity index (χ2n) is 16.4. The van der Waals surface area contributed by atoms with Gasteiger partial charge in [0.1, 0.15) is 0 Å². The number of para-hydroxylation sites is 2. The van der Waals surface area contributed by atoms with Gasteiger partial charge in [-0.2, -0.15) is 0 Å². The fourth-order valence-corrected chi connectivity index (χ4v) is 10.0. The standard InChI is InChI=1S/C60H41BN2/c1-6-20-42(21-7-1)44-34-36-49(37-35-44)62-55-32-18-16-30-53(55)61-54-31-17-19-33-56(54)63(58-39-48(38-57(62)60(58)61)43-22-8-2-9-23-43)50-40-51(45-24-10-3-11-25-45)59(47-28-14-5-15-29-47)52(41-50)46-26-12-4-13-27-46/h1-41H. The molecule has 0 saturated heterocycles. The molecule has 2 aliphatic rings. The second-order valence-corrected chi connectivity index (χ2v) is 16.4. The highest BCUT2D eigenvalue weighted by molar-refractivity contribution is 7.00. The molecule has 0 fully saturated rings. The van der Waals surface area contributed by atoms with E-state index in [0.717, 1.165) is 11.4 Å². The van der Waals surface area contributed by atoms with E-state index in [9.17, 15) is 0 Å². The Hall–Kier alpha value is -8.14. The summed E-state index contributed by atoms with van der Waals surface area (Å²) in [6.07, 6.45) is 0. The molecule has 0 spiro atoms. The van der Waals surface area contributed by atoms with Gasteiger partial charge in [0.2, 0.25) is 0 Å². The van der Waals surface area contributed by atoms with Gasteiger partial charge < -0.3 is 9.80 Å². The first-order chi connectivity index (χ1) is 31.3.